The summed E-state index contributed by atoms with van der Waals surface area (Å²) in [6, 6.07) is 1.97. The van der Waals surface area contributed by atoms with Crippen LogP contribution in [-0.2, 0) is 4.79 Å². The molecule has 1 atom stereocenters. The van der Waals surface area contributed by atoms with Gasteiger partial charge in [-0.25, -0.2) is 0 Å². The van der Waals surface area contributed by atoms with E-state index in [1.165, 1.54) is 0 Å². The minimum absolute atomic E-state index is 0.0104. The summed E-state index contributed by atoms with van der Waals surface area (Å²) in [5, 5.41) is 14.0. The fourth-order valence-corrected chi connectivity index (χ4v) is 0.869. The van der Waals surface area contributed by atoms with E-state index in [0.717, 1.165) is 6.54 Å². The molecule has 0 rings (SSSR count). The summed E-state index contributed by atoms with van der Waals surface area (Å²) in [5.74, 6) is -0.0187. The first-order valence-electron chi connectivity index (χ1n) is 4.57. The van der Waals surface area contributed by atoms with Crippen LogP contribution in [0.15, 0.2) is 0 Å². The van der Waals surface area contributed by atoms with Crippen LogP contribution >= 0.6 is 0 Å². The highest BCUT2D eigenvalue weighted by molar-refractivity contribution is 5.78. The molecule has 2 N–H and O–H groups in total. The molecule has 4 heteroatoms. The van der Waals surface area contributed by atoms with Crippen molar-refractivity contribution in [3.05, 3.63) is 0 Å². The van der Waals surface area contributed by atoms with Gasteiger partial charge in [0.05, 0.1) is 12.5 Å². The van der Waals surface area contributed by atoms with Gasteiger partial charge in [-0.15, -0.1) is 0 Å². The van der Waals surface area contributed by atoms with Crippen molar-refractivity contribution < 1.29 is 4.79 Å². The number of nitriles is 1. The lowest BCUT2D eigenvalue weighted by Crippen LogP contribution is -2.35. The third kappa shape index (κ3) is 6.12. The predicted molar refractivity (Wildman–Crippen MR) is 50.9 cm³/mol. The molecule has 0 spiro atoms. The van der Waals surface area contributed by atoms with Crippen molar-refractivity contribution in [1.82, 2.24) is 10.6 Å². The van der Waals surface area contributed by atoms with E-state index in [0.29, 0.717) is 19.5 Å². The maximum Gasteiger partial charge on any atom is 0.224 e. The Morgan fingerprint density at radius 1 is 1.62 bits per heavy atom. The van der Waals surface area contributed by atoms with Crippen molar-refractivity contribution in [2.45, 2.75) is 20.3 Å². The molecule has 1 amide bonds. The highest BCUT2D eigenvalue weighted by atomic mass is 16.1. The molecule has 0 aromatic rings. The molecular weight excluding hydrogens is 166 g/mol. The Morgan fingerprint density at radius 2 is 2.31 bits per heavy atom. The van der Waals surface area contributed by atoms with Crippen molar-refractivity contribution in [2.75, 3.05) is 19.6 Å². The van der Waals surface area contributed by atoms with Gasteiger partial charge in [-0.1, -0.05) is 13.8 Å². The largest absolute Gasteiger partial charge is 0.355 e. The maximum atomic E-state index is 11.3. The number of nitrogens with one attached hydrogen (secondary N) is 2. The number of carbonyl (C=O) groups is 1. The second-order valence-electron chi connectivity index (χ2n) is 2.91. The van der Waals surface area contributed by atoms with Crippen molar-refractivity contribution >= 4 is 5.91 Å². The summed E-state index contributed by atoms with van der Waals surface area (Å²) in [4.78, 5) is 11.3. The van der Waals surface area contributed by atoms with Crippen LogP contribution in [0.1, 0.15) is 20.3 Å². The zero-order chi connectivity index (χ0) is 10.1. The summed E-state index contributed by atoms with van der Waals surface area (Å²) >= 11 is 0. The number of nitrogens with zero attached hydrogens (tertiary/aromatic N) is 1. The number of hydrogen-bond acceptors (Lipinski definition) is 3. The predicted octanol–water partition coefficient (Wildman–Crippen LogP) is 0.262. The molecule has 0 aromatic heterocycles. The number of hydrogen-bond donors (Lipinski definition) is 2. The molecule has 0 bridgehead atoms. The molecule has 13 heavy (non-hydrogen) atoms. The second kappa shape index (κ2) is 7.56. The molecule has 0 heterocycles. The number of amides is 1. The van der Waals surface area contributed by atoms with Crippen LogP contribution in [0.25, 0.3) is 0 Å². The summed E-state index contributed by atoms with van der Waals surface area (Å²) in [6.45, 7) is 5.88. The third-order valence-electron chi connectivity index (χ3n) is 1.68. The Morgan fingerprint density at radius 3 is 2.85 bits per heavy atom. The van der Waals surface area contributed by atoms with Crippen molar-refractivity contribution in [3.8, 4) is 6.07 Å². The van der Waals surface area contributed by atoms with Crippen LogP contribution in [-0.4, -0.2) is 25.5 Å². The topological polar surface area (TPSA) is 64.9 Å². The lowest BCUT2D eigenvalue weighted by molar-refractivity contribution is -0.124. The first-order valence-corrected chi connectivity index (χ1v) is 4.57. The van der Waals surface area contributed by atoms with Crippen LogP contribution in [0.2, 0.25) is 0 Å². The molecule has 4 nitrogen and oxygen atoms in total. The van der Waals surface area contributed by atoms with E-state index in [1.807, 2.05) is 19.9 Å². The lowest BCUT2D eigenvalue weighted by Gasteiger charge is -2.11. The molecule has 0 aliphatic heterocycles. The summed E-state index contributed by atoms with van der Waals surface area (Å²) in [5.41, 5.74) is 0. The first kappa shape index (κ1) is 11.9. The van der Waals surface area contributed by atoms with E-state index in [-0.39, 0.29) is 11.8 Å². The summed E-state index contributed by atoms with van der Waals surface area (Å²) in [6.07, 6.45) is 0.375. The van der Waals surface area contributed by atoms with Gasteiger partial charge in [0, 0.05) is 19.0 Å². The maximum absolute atomic E-state index is 11.3. The SMILES string of the molecule is CCNCC(C)C(=O)NCCC#N. The molecule has 0 aliphatic rings. The highest BCUT2D eigenvalue weighted by Gasteiger charge is 2.10. The van der Waals surface area contributed by atoms with Crippen LogP contribution in [0, 0.1) is 17.2 Å². The average molecular weight is 183 g/mol. The Balaban J connectivity index is 3.52. The Kier molecular flexibility index (Phi) is 6.93. The van der Waals surface area contributed by atoms with E-state index >= 15 is 0 Å². The quantitative estimate of drug-likeness (QED) is 0.581. The van der Waals surface area contributed by atoms with E-state index < -0.39 is 0 Å². The van der Waals surface area contributed by atoms with E-state index in [1.54, 1.807) is 0 Å². The van der Waals surface area contributed by atoms with E-state index in [9.17, 15) is 4.79 Å². The first-order chi connectivity index (χ1) is 6.22. The van der Waals surface area contributed by atoms with Gasteiger partial charge in [0.25, 0.3) is 0 Å². The molecule has 0 saturated carbocycles. The molecule has 0 saturated heterocycles. The van der Waals surface area contributed by atoms with Crippen LogP contribution in [0.4, 0.5) is 0 Å². The minimum Gasteiger partial charge on any atom is -0.355 e. The second-order valence-corrected chi connectivity index (χ2v) is 2.91. The summed E-state index contributed by atoms with van der Waals surface area (Å²) in [7, 11) is 0. The smallest absolute Gasteiger partial charge is 0.224 e. The molecule has 0 aromatic carbocycles. The van der Waals surface area contributed by atoms with Gasteiger partial charge < -0.3 is 10.6 Å². The monoisotopic (exact) mass is 183 g/mol. The van der Waals surface area contributed by atoms with E-state index in [4.69, 9.17) is 5.26 Å². The zero-order valence-electron chi connectivity index (χ0n) is 8.26. The number of rotatable bonds is 6. The highest BCUT2D eigenvalue weighted by Crippen LogP contribution is 1.91. The van der Waals surface area contributed by atoms with Gasteiger partial charge in [0.1, 0.15) is 0 Å². The third-order valence-corrected chi connectivity index (χ3v) is 1.68. The zero-order valence-corrected chi connectivity index (χ0v) is 8.26. The van der Waals surface area contributed by atoms with Gasteiger partial charge in [-0.2, -0.15) is 5.26 Å². The van der Waals surface area contributed by atoms with Crippen LogP contribution in [0.3, 0.4) is 0 Å². The van der Waals surface area contributed by atoms with Gasteiger partial charge >= 0.3 is 0 Å². The molecular formula is C9H17N3O. The van der Waals surface area contributed by atoms with Crippen LogP contribution in [0.5, 0.6) is 0 Å². The van der Waals surface area contributed by atoms with Crippen molar-refractivity contribution in [3.63, 3.8) is 0 Å². The Bertz CT molecular complexity index is 186. The Hall–Kier alpha value is -1.08. The van der Waals surface area contributed by atoms with Crippen molar-refractivity contribution in [2.24, 2.45) is 5.92 Å². The minimum atomic E-state index is -0.0290. The lowest BCUT2D eigenvalue weighted by atomic mass is 10.1. The van der Waals surface area contributed by atoms with Gasteiger partial charge in [-0.3, -0.25) is 4.79 Å². The van der Waals surface area contributed by atoms with Gasteiger partial charge in [0.2, 0.25) is 5.91 Å². The van der Waals surface area contributed by atoms with Gasteiger partial charge in [0.15, 0.2) is 0 Å². The molecule has 0 fully saturated rings. The molecule has 0 aliphatic carbocycles. The average Bonchev–Trinajstić information content (AvgIpc) is 2.14. The van der Waals surface area contributed by atoms with Gasteiger partial charge in [-0.05, 0) is 6.54 Å². The molecule has 0 radical (unpaired) electrons. The summed E-state index contributed by atoms with van der Waals surface area (Å²) < 4.78 is 0. The number of carbonyl (C=O) groups excluding carboxylic acids is 1. The molecule has 1 unspecified atom stereocenters. The fourth-order valence-electron chi connectivity index (χ4n) is 0.869. The fraction of sp³-hybridized carbons (Fsp3) is 0.778. The standard InChI is InChI=1S/C9H17N3O/c1-3-11-7-8(2)9(13)12-6-4-5-10/h8,11H,3-4,6-7H2,1-2H3,(H,12,13). The normalized spacial score (nSPS) is 11.8. The Labute approximate surface area is 79.3 Å². The van der Waals surface area contributed by atoms with Crippen molar-refractivity contribution in [1.29, 1.82) is 5.26 Å². The molecule has 74 valence electrons. The van der Waals surface area contributed by atoms with E-state index in [2.05, 4.69) is 10.6 Å². The van der Waals surface area contributed by atoms with Crippen LogP contribution < -0.4 is 10.6 Å².